The Bertz CT molecular complexity index is 551. The third-order valence-corrected chi connectivity index (χ3v) is 1.99. The number of hydrogen-bond acceptors (Lipinski definition) is 4. The highest BCUT2D eigenvalue weighted by atomic mass is 16.5. The molecule has 0 aliphatic carbocycles. The maximum absolute atomic E-state index is 11.0. The summed E-state index contributed by atoms with van der Waals surface area (Å²) in [6, 6.07) is 8.44. The van der Waals surface area contributed by atoms with E-state index >= 15 is 0 Å². The molecule has 1 N–H and O–H groups in total. The normalized spacial score (nSPS) is 9.94. The summed E-state index contributed by atoms with van der Waals surface area (Å²) >= 11 is 0. The van der Waals surface area contributed by atoms with E-state index in [4.69, 9.17) is 9.47 Å². The second-order valence-electron chi connectivity index (χ2n) is 3.26. The van der Waals surface area contributed by atoms with Crippen LogP contribution in [0.15, 0.2) is 41.5 Å². The Morgan fingerprint density at radius 3 is 2.88 bits per heavy atom. The molecule has 5 nitrogen and oxygen atoms in total. The molecule has 1 aromatic heterocycles. The van der Waals surface area contributed by atoms with Crippen molar-refractivity contribution in [1.82, 2.24) is 9.97 Å². The van der Waals surface area contributed by atoms with Crippen LogP contribution in [0.25, 0.3) is 0 Å². The molecule has 0 bridgehead atoms. The molecule has 0 atom stereocenters. The second-order valence-corrected chi connectivity index (χ2v) is 3.26. The molecule has 1 heterocycles. The molecular weight excluding hydrogens is 220 g/mol. The molecular formula is C12H12N2O3. The molecule has 0 radical (unpaired) electrons. The number of aromatic amines is 1. The zero-order valence-corrected chi connectivity index (χ0v) is 9.34. The van der Waals surface area contributed by atoms with Crippen LogP contribution in [0, 0.1) is 0 Å². The lowest BCUT2D eigenvalue weighted by Crippen LogP contribution is -2.04. The van der Waals surface area contributed by atoms with Crippen LogP contribution in [0.5, 0.6) is 17.4 Å². The van der Waals surface area contributed by atoms with Crippen molar-refractivity contribution in [2.75, 3.05) is 6.61 Å². The Morgan fingerprint density at radius 1 is 1.29 bits per heavy atom. The third-order valence-electron chi connectivity index (χ3n) is 1.99. The molecule has 17 heavy (non-hydrogen) atoms. The zero-order chi connectivity index (χ0) is 12.1. The molecule has 0 aliphatic rings. The highest BCUT2D eigenvalue weighted by Crippen LogP contribution is 2.22. The van der Waals surface area contributed by atoms with Gasteiger partial charge in [0.2, 0.25) is 5.88 Å². The Balaban J connectivity index is 2.18. The van der Waals surface area contributed by atoms with Crippen LogP contribution in [0.4, 0.5) is 0 Å². The molecule has 0 spiro atoms. The summed E-state index contributed by atoms with van der Waals surface area (Å²) in [4.78, 5) is 17.4. The third kappa shape index (κ3) is 3.07. The van der Waals surface area contributed by atoms with E-state index < -0.39 is 0 Å². The van der Waals surface area contributed by atoms with E-state index in [-0.39, 0.29) is 11.4 Å². The molecule has 88 valence electrons. The molecule has 2 rings (SSSR count). The largest absolute Gasteiger partial charge is 0.494 e. The first kappa shape index (κ1) is 11.2. The van der Waals surface area contributed by atoms with Crippen LogP contribution in [0.3, 0.4) is 0 Å². The SMILES string of the molecule is CCOc1cccc(Oc2cc(=O)[nH]cn2)c1. The lowest BCUT2D eigenvalue weighted by molar-refractivity contribution is 0.338. The van der Waals surface area contributed by atoms with Gasteiger partial charge in [0.15, 0.2) is 0 Å². The molecule has 5 heteroatoms. The van der Waals surface area contributed by atoms with Crippen LogP contribution >= 0.6 is 0 Å². The van der Waals surface area contributed by atoms with Gasteiger partial charge in [-0.05, 0) is 19.1 Å². The van der Waals surface area contributed by atoms with E-state index in [1.54, 1.807) is 12.1 Å². The fraction of sp³-hybridized carbons (Fsp3) is 0.167. The van der Waals surface area contributed by atoms with Crippen molar-refractivity contribution in [3.05, 3.63) is 47.0 Å². The summed E-state index contributed by atoms with van der Waals surface area (Å²) in [7, 11) is 0. The van der Waals surface area contributed by atoms with E-state index in [1.165, 1.54) is 12.4 Å². The van der Waals surface area contributed by atoms with E-state index in [0.717, 1.165) is 5.75 Å². The maximum Gasteiger partial charge on any atom is 0.254 e. The number of benzene rings is 1. The van der Waals surface area contributed by atoms with Crippen molar-refractivity contribution in [3.8, 4) is 17.4 Å². The number of nitrogens with zero attached hydrogens (tertiary/aromatic N) is 1. The average Bonchev–Trinajstić information content (AvgIpc) is 2.30. The predicted molar refractivity (Wildman–Crippen MR) is 62.5 cm³/mol. The quantitative estimate of drug-likeness (QED) is 0.875. The van der Waals surface area contributed by atoms with Crippen molar-refractivity contribution in [3.63, 3.8) is 0 Å². The lowest BCUT2D eigenvalue weighted by Gasteiger charge is -2.06. The minimum atomic E-state index is -0.254. The predicted octanol–water partition coefficient (Wildman–Crippen LogP) is 1.96. The van der Waals surface area contributed by atoms with E-state index in [2.05, 4.69) is 9.97 Å². The smallest absolute Gasteiger partial charge is 0.254 e. The van der Waals surface area contributed by atoms with Gasteiger partial charge in [0.1, 0.15) is 11.5 Å². The van der Waals surface area contributed by atoms with Crippen molar-refractivity contribution >= 4 is 0 Å². The van der Waals surface area contributed by atoms with Gasteiger partial charge in [-0.3, -0.25) is 4.79 Å². The number of nitrogens with one attached hydrogen (secondary N) is 1. The van der Waals surface area contributed by atoms with Crippen molar-refractivity contribution < 1.29 is 9.47 Å². The Hall–Kier alpha value is -2.30. The van der Waals surface area contributed by atoms with Gasteiger partial charge in [-0.1, -0.05) is 6.07 Å². The Kier molecular flexibility index (Phi) is 3.40. The first-order chi connectivity index (χ1) is 8.28. The number of H-pyrrole nitrogens is 1. The number of hydrogen-bond donors (Lipinski definition) is 1. The van der Waals surface area contributed by atoms with Gasteiger partial charge in [0.25, 0.3) is 5.56 Å². The first-order valence-electron chi connectivity index (χ1n) is 5.23. The number of aromatic nitrogens is 2. The summed E-state index contributed by atoms with van der Waals surface area (Å²) in [6.07, 6.45) is 1.30. The van der Waals surface area contributed by atoms with Gasteiger partial charge in [0, 0.05) is 6.07 Å². The summed E-state index contributed by atoms with van der Waals surface area (Å²) in [5.41, 5.74) is -0.254. The van der Waals surface area contributed by atoms with Crippen molar-refractivity contribution in [1.29, 1.82) is 0 Å². The monoisotopic (exact) mass is 232 g/mol. The fourth-order valence-electron chi connectivity index (χ4n) is 1.32. The second kappa shape index (κ2) is 5.16. The van der Waals surface area contributed by atoms with E-state index in [1.807, 2.05) is 19.1 Å². The number of ether oxygens (including phenoxy) is 2. The molecule has 0 aliphatic heterocycles. The molecule has 0 fully saturated rings. The van der Waals surface area contributed by atoms with Crippen molar-refractivity contribution in [2.24, 2.45) is 0 Å². The molecule has 0 unspecified atom stereocenters. The summed E-state index contributed by atoms with van der Waals surface area (Å²) in [5, 5.41) is 0. The standard InChI is InChI=1S/C12H12N2O3/c1-2-16-9-4-3-5-10(6-9)17-12-7-11(15)13-8-14-12/h3-8H,2H2,1H3,(H,13,14,15). The van der Waals surface area contributed by atoms with Gasteiger partial charge in [0.05, 0.1) is 19.0 Å². The van der Waals surface area contributed by atoms with Gasteiger partial charge in [-0.2, -0.15) is 0 Å². The van der Waals surface area contributed by atoms with Gasteiger partial charge < -0.3 is 14.5 Å². The lowest BCUT2D eigenvalue weighted by atomic mass is 10.3. The zero-order valence-electron chi connectivity index (χ0n) is 9.34. The summed E-state index contributed by atoms with van der Waals surface area (Å²) in [6.45, 7) is 2.50. The summed E-state index contributed by atoms with van der Waals surface area (Å²) in [5.74, 6) is 1.55. The first-order valence-corrected chi connectivity index (χ1v) is 5.23. The van der Waals surface area contributed by atoms with E-state index in [0.29, 0.717) is 12.4 Å². The molecule has 0 saturated carbocycles. The highest BCUT2D eigenvalue weighted by Gasteiger charge is 2.00. The average molecular weight is 232 g/mol. The van der Waals surface area contributed by atoms with Crippen LogP contribution in [-0.2, 0) is 0 Å². The highest BCUT2D eigenvalue weighted by molar-refractivity contribution is 5.34. The number of rotatable bonds is 4. The topological polar surface area (TPSA) is 64.2 Å². The van der Waals surface area contributed by atoms with Crippen LogP contribution in [0.2, 0.25) is 0 Å². The Labute approximate surface area is 98.0 Å². The summed E-state index contributed by atoms with van der Waals surface area (Å²) < 4.78 is 10.8. The maximum atomic E-state index is 11.0. The molecule has 0 amide bonds. The van der Waals surface area contributed by atoms with Crippen LogP contribution in [-0.4, -0.2) is 16.6 Å². The molecule has 1 aromatic carbocycles. The molecule has 0 saturated heterocycles. The van der Waals surface area contributed by atoms with Gasteiger partial charge in [-0.25, -0.2) is 4.98 Å². The Morgan fingerprint density at radius 2 is 2.12 bits per heavy atom. The fourth-order valence-corrected chi connectivity index (χ4v) is 1.32. The van der Waals surface area contributed by atoms with Gasteiger partial charge >= 0.3 is 0 Å². The van der Waals surface area contributed by atoms with Crippen LogP contribution < -0.4 is 15.0 Å². The molecule has 2 aromatic rings. The minimum absolute atomic E-state index is 0.252. The van der Waals surface area contributed by atoms with Gasteiger partial charge in [-0.15, -0.1) is 0 Å². The van der Waals surface area contributed by atoms with Crippen LogP contribution in [0.1, 0.15) is 6.92 Å². The van der Waals surface area contributed by atoms with E-state index in [9.17, 15) is 4.79 Å². The van der Waals surface area contributed by atoms with Crippen molar-refractivity contribution in [2.45, 2.75) is 6.92 Å². The minimum Gasteiger partial charge on any atom is -0.494 e.